The van der Waals surface area contributed by atoms with E-state index in [4.69, 9.17) is 4.98 Å². The van der Waals surface area contributed by atoms with Crippen molar-refractivity contribution in [1.82, 2.24) is 14.1 Å². The SMILES string of the molecule is N#Cc1ccc(-c2ccc3c(c2)c2cc(-c4ccc(C#N)cc4)ccc2n3C2Nc3ccccc3-c3nc4ccccc4n32)cc1. The number of anilines is 1. The Balaban J connectivity index is 1.32. The zero-order valence-electron chi connectivity index (χ0n) is 24.5. The number of imidazole rings is 1. The molecule has 0 saturated carbocycles. The lowest BCUT2D eigenvalue weighted by atomic mass is 9.99. The van der Waals surface area contributed by atoms with Gasteiger partial charge in [-0.05, 0) is 95.1 Å². The van der Waals surface area contributed by atoms with Crippen LogP contribution in [0.5, 0.6) is 0 Å². The summed E-state index contributed by atoms with van der Waals surface area (Å²) in [7, 11) is 0. The lowest BCUT2D eigenvalue weighted by Gasteiger charge is -2.32. The first-order valence-corrected chi connectivity index (χ1v) is 15.1. The molecule has 1 N–H and O–H groups in total. The van der Waals surface area contributed by atoms with Crippen LogP contribution in [0, 0.1) is 22.7 Å². The van der Waals surface area contributed by atoms with Gasteiger partial charge in [0.2, 0.25) is 0 Å². The molecular formula is C40H24N6. The van der Waals surface area contributed by atoms with Crippen LogP contribution in [0.1, 0.15) is 17.4 Å². The van der Waals surface area contributed by atoms with Crippen LogP contribution in [0.2, 0.25) is 0 Å². The highest BCUT2D eigenvalue weighted by Crippen LogP contribution is 2.43. The molecule has 0 radical (unpaired) electrons. The Kier molecular flexibility index (Phi) is 5.59. The summed E-state index contributed by atoms with van der Waals surface area (Å²) in [6.45, 7) is 0. The van der Waals surface area contributed by atoms with Crippen molar-refractivity contribution in [2.75, 3.05) is 5.32 Å². The Hall–Kier alpha value is -6.63. The largest absolute Gasteiger partial charge is 0.347 e. The fourth-order valence-corrected chi connectivity index (χ4v) is 6.82. The molecule has 8 aromatic rings. The second-order valence-corrected chi connectivity index (χ2v) is 11.6. The Morgan fingerprint density at radius 2 is 1.09 bits per heavy atom. The van der Waals surface area contributed by atoms with Gasteiger partial charge in [0.15, 0.2) is 6.29 Å². The molecule has 6 aromatic carbocycles. The Morgan fingerprint density at radius 1 is 0.543 bits per heavy atom. The highest BCUT2D eigenvalue weighted by atomic mass is 15.4. The summed E-state index contributed by atoms with van der Waals surface area (Å²) >= 11 is 0. The maximum Gasteiger partial charge on any atom is 0.188 e. The second-order valence-electron chi connectivity index (χ2n) is 11.6. The van der Waals surface area contributed by atoms with Gasteiger partial charge in [-0.25, -0.2) is 4.98 Å². The Labute approximate surface area is 264 Å². The number of nitrogens with one attached hydrogen (secondary N) is 1. The van der Waals surface area contributed by atoms with E-state index in [9.17, 15) is 10.5 Å². The molecule has 0 fully saturated rings. The van der Waals surface area contributed by atoms with E-state index < -0.39 is 0 Å². The summed E-state index contributed by atoms with van der Waals surface area (Å²) < 4.78 is 4.68. The molecule has 0 spiro atoms. The molecule has 6 nitrogen and oxygen atoms in total. The topological polar surface area (TPSA) is 82.4 Å². The number of nitriles is 2. The molecule has 0 bridgehead atoms. The van der Waals surface area contributed by atoms with Gasteiger partial charge >= 0.3 is 0 Å². The molecule has 3 heterocycles. The van der Waals surface area contributed by atoms with Crippen LogP contribution in [0.15, 0.2) is 133 Å². The molecule has 0 amide bonds. The summed E-state index contributed by atoms with van der Waals surface area (Å²) in [6.07, 6.45) is -0.279. The van der Waals surface area contributed by atoms with Gasteiger partial charge in [0.05, 0.1) is 45.3 Å². The molecule has 0 aliphatic carbocycles. The van der Waals surface area contributed by atoms with Crippen molar-refractivity contribution in [1.29, 1.82) is 10.5 Å². The van der Waals surface area contributed by atoms with Gasteiger partial charge in [-0.15, -0.1) is 0 Å². The summed E-state index contributed by atoms with van der Waals surface area (Å²) in [6, 6.07) is 49.8. The van der Waals surface area contributed by atoms with E-state index in [-0.39, 0.29) is 6.29 Å². The highest BCUT2D eigenvalue weighted by molar-refractivity contribution is 6.11. The van der Waals surface area contributed by atoms with Gasteiger partial charge in [0, 0.05) is 22.0 Å². The van der Waals surface area contributed by atoms with Gasteiger partial charge in [0.1, 0.15) is 5.82 Å². The number of benzene rings is 6. The summed E-state index contributed by atoms with van der Waals surface area (Å²) in [5.41, 5.74) is 11.8. The normalized spacial score (nSPS) is 13.6. The molecule has 0 saturated heterocycles. The van der Waals surface area contributed by atoms with E-state index in [1.807, 2.05) is 54.6 Å². The van der Waals surface area contributed by atoms with Crippen LogP contribution in [0.3, 0.4) is 0 Å². The zero-order valence-corrected chi connectivity index (χ0v) is 24.5. The average Bonchev–Trinajstić information content (AvgIpc) is 3.67. The minimum atomic E-state index is -0.279. The number of hydrogen-bond acceptors (Lipinski definition) is 4. The predicted molar refractivity (Wildman–Crippen MR) is 183 cm³/mol. The van der Waals surface area contributed by atoms with Crippen molar-refractivity contribution < 1.29 is 0 Å². The average molecular weight is 589 g/mol. The van der Waals surface area contributed by atoms with E-state index in [2.05, 4.69) is 105 Å². The second kappa shape index (κ2) is 9.95. The maximum atomic E-state index is 9.34. The third-order valence-electron chi connectivity index (χ3n) is 9.03. The van der Waals surface area contributed by atoms with E-state index in [0.717, 1.165) is 72.2 Å². The first-order chi connectivity index (χ1) is 22.7. The monoisotopic (exact) mass is 588 g/mol. The first-order valence-electron chi connectivity index (χ1n) is 15.1. The quantitative estimate of drug-likeness (QED) is 0.223. The third-order valence-corrected chi connectivity index (χ3v) is 9.03. The van der Waals surface area contributed by atoms with Crippen LogP contribution < -0.4 is 5.32 Å². The first kappa shape index (κ1) is 25.8. The molecule has 46 heavy (non-hydrogen) atoms. The lowest BCUT2D eigenvalue weighted by Crippen LogP contribution is -2.29. The molecule has 1 aliphatic heterocycles. The van der Waals surface area contributed by atoms with Crippen molar-refractivity contribution in [2.45, 2.75) is 6.29 Å². The van der Waals surface area contributed by atoms with Crippen molar-refractivity contribution in [2.24, 2.45) is 0 Å². The van der Waals surface area contributed by atoms with E-state index >= 15 is 0 Å². The molecule has 1 atom stereocenters. The van der Waals surface area contributed by atoms with Crippen LogP contribution in [0.4, 0.5) is 5.69 Å². The van der Waals surface area contributed by atoms with Crippen LogP contribution in [0.25, 0.3) is 66.5 Å². The minimum Gasteiger partial charge on any atom is -0.347 e. The minimum absolute atomic E-state index is 0.279. The van der Waals surface area contributed by atoms with Gasteiger partial charge in [-0.1, -0.05) is 60.7 Å². The fourth-order valence-electron chi connectivity index (χ4n) is 6.82. The van der Waals surface area contributed by atoms with Crippen molar-refractivity contribution in [3.8, 4) is 45.8 Å². The standard InChI is InChI=1S/C40H24N6/c41-23-25-9-13-27(14-10-25)29-17-19-36-32(21-29)33-22-30(28-15-11-26(24-42)12-16-28)18-20-37(33)45(36)40-44-34-6-2-1-5-31(34)39-43-35-7-3-4-8-38(35)46(39)40/h1-22,40,44H. The van der Waals surface area contributed by atoms with Crippen LogP contribution >= 0.6 is 0 Å². The summed E-state index contributed by atoms with van der Waals surface area (Å²) in [5, 5.41) is 24.8. The van der Waals surface area contributed by atoms with Crippen LogP contribution in [-0.2, 0) is 0 Å². The van der Waals surface area contributed by atoms with E-state index in [0.29, 0.717) is 11.1 Å². The van der Waals surface area contributed by atoms with Crippen molar-refractivity contribution >= 4 is 38.5 Å². The molecule has 1 unspecified atom stereocenters. The molecular weight excluding hydrogens is 564 g/mol. The van der Waals surface area contributed by atoms with Gasteiger partial charge in [-0.2, -0.15) is 10.5 Å². The summed E-state index contributed by atoms with van der Waals surface area (Å²) in [4.78, 5) is 5.11. The summed E-state index contributed by atoms with van der Waals surface area (Å²) in [5.74, 6) is 0.930. The number of hydrogen-bond donors (Lipinski definition) is 1. The Bertz CT molecular complexity index is 2460. The number of aromatic nitrogens is 3. The molecule has 2 aromatic heterocycles. The fraction of sp³-hybridized carbons (Fsp3) is 0.0250. The van der Waals surface area contributed by atoms with Crippen LogP contribution in [-0.4, -0.2) is 14.1 Å². The predicted octanol–water partition coefficient (Wildman–Crippen LogP) is 9.32. The number of nitrogens with zero attached hydrogens (tertiary/aromatic N) is 5. The van der Waals surface area contributed by atoms with Crippen molar-refractivity contribution in [3.63, 3.8) is 0 Å². The molecule has 1 aliphatic rings. The van der Waals surface area contributed by atoms with E-state index in [1.54, 1.807) is 0 Å². The van der Waals surface area contributed by atoms with Crippen molar-refractivity contribution in [3.05, 3.63) is 145 Å². The molecule has 214 valence electrons. The van der Waals surface area contributed by atoms with Gasteiger partial charge < -0.3 is 9.88 Å². The highest BCUT2D eigenvalue weighted by Gasteiger charge is 2.30. The smallest absolute Gasteiger partial charge is 0.188 e. The van der Waals surface area contributed by atoms with Gasteiger partial charge in [-0.3, -0.25) is 4.57 Å². The van der Waals surface area contributed by atoms with Gasteiger partial charge in [0.25, 0.3) is 0 Å². The number of rotatable bonds is 3. The number of para-hydroxylation sites is 3. The maximum absolute atomic E-state index is 9.34. The zero-order chi connectivity index (χ0) is 30.8. The lowest BCUT2D eigenvalue weighted by molar-refractivity contribution is 0.520. The Morgan fingerprint density at radius 3 is 1.70 bits per heavy atom. The molecule has 6 heteroatoms. The number of fused-ring (bicyclic) bond motifs is 8. The van der Waals surface area contributed by atoms with E-state index in [1.165, 1.54) is 0 Å². The third kappa shape index (κ3) is 3.85. The molecule has 9 rings (SSSR count).